The Balaban J connectivity index is 1.52. The molecule has 130 valence electrons. The SMILES string of the molecule is CN1C(=O)CC2=CC(Nc3ncc(C(N)=O)c(NC4CC4)n3)CC=C21. The topological polar surface area (TPSA) is 113 Å². The van der Waals surface area contributed by atoms with Crippen molar-refractivity contribution >= 4 is 23.6 Å². The van der Waals surface area contributed by atoms with Gasteiger partial charge in [-0.05, 0) is 24.8 Å². The Morgan fingerprint density at radius 1 is 1.36 bits per heavy atom. The fourth-order valence-corrected chi connectivity index (χ4v) is 3.11. The molecule has 1 aromatic heterocycles. The number of anilines is 2. The first-order valence-electron chi connectivity index (χ1n) is 8.39. The Morgan fingerprint density at radius 3 is 2.88 bits per heavy atom. The van der Waals surface area contributed by atoms with Crippen molar-refractivity contribution < 1.29 is 9.59 Å². The maximum absolute atomic E-state index is 11.8. The van der Waals surface area contributed by atoms with Crippen molar-refractivity contribution in [2.75, 3.05) is 17.7 Å². The zero-order valence-corrected chi connectivity index (χ0v) is 14.0. The van der Waals surface area contributed by atoms with Crippen molar-refractivity contribution in [1.29, 1.82) is 0 Å². The number of rotatable bonds is 5. The van der Waals surface area contributed by atoms with Gasteiger partial charge in [0.15, 0.2) is 0 Å². The Labute approximate surface area is 145 Å². The highest BCUT2D eigenvalue weighted by Crippen LogP contribution is 2.32. The molecule has 2 amide bonds. The summed E-state index contributed by atoms with van der Waals surface area (Å²) in [4.78, 5) is 33.7. The maximum atomic E-state index is 11.8. The number of primary amides is 1. The lowest BCUT2D eigenvalue weighted by molar-refractivity contribution is -0.125. The first kappa shape index (κ1) is 15.6. The molecule has 25 heavy (non-hydrogen) atoms. The Kier molecular flexibility index (Phi) is 3.67. The van der Waals surface area contributed by atoms with Gasteiger partial charge in [0.1, 0.15) is 5.82 Å². The first-order valence-corrected chi connectivity index (χ1v) is 8.39. The second kappa shape index (κ2) is 5.87. The Bertz CT molecular complexity index is 811. The van der Waals surface area contributed by atoms with Gasteiger partial charge < -0.3 is 21.3 Å². The highest BCUT2D eigenvalue weighted by molar-refractivity contribution is 5.97. The van der Waals surface area contributed by atoms with E-state index in [9.17, 15) is 9.59 Å². The summed E-state index contributed by atoms with van der Waals surface area (Å²) in [7, 11) is 1.80. The first-order chi connectivity index (χ1) is 12.0. The predicted molar refractivity (Wildman–Crippen MR) is 92.8 cm³/mol. The molecule has 2 aliphatic carbocycles. The molecule has 1 unspecified atom stereocenters. The van der Waals surface area contributed by atoms with Gasteiger partial charge >= 0.3 is 0 Å². The van der Waals surface area contributed by atoms with Crippen LogP contribution in [0.1, 0.15) is 36.0 Å². The molecular formula is C17H20N6O2. The van der Waals surface area contributed by atoms with E-state index in [4.69, 9.17) is 5.73 Å². The number of nitrogens with two attached hydrogens (primary N) is 1. The van der Waals surface area contributed by atoms with Crippen LogP contribution in [-0.2, 0) is 4.79 Å². The maximum Gasteiger partial charge on any atom is 0.254 e. The average Bonchev–Trinajstić information content (AvgIpc) is 3.33. The van der Waals surface area contributed by atoms with Gasteiger partial charge in [-0.3, -0.25) is 9.59 Å². The van der Waals surface area contributed by atoms with Crippen LogP contribution in [-0.4, -0.2) is 45.8 Å². The number of allylic oxidation sites excluding steroid dienone is 1. The van der Waals surface area contributed by atoms with Crippen molar-refractivity contribution in [1.82, 2.24) is 14.9 Å². The number of nitrogens with zero attached hydrogens (tertiary/aromatic N) is 3. The minimum absolute atomic E-state index is 0.00579. The predicted octanol–water partition coefficient (Wildman–Crippen LogP) is 1.01. The van der Waals surface area contributed by atoms with Crippen LogP contribution in [0.25, 0.3) is 0 Å². The summed E-state index contributed by atoms with van der Waals surface area (Å²) >= 11 is 0. The molecule has 1 saturated heterocycles. The van der Waals surface area contributed by atoms with Crippen molar-refractivity contribution in [3.63, 3.8) is 0 Å². The van der Waals surface area contributed by atoms with E-state index in [0.717, 1.165) is 30.5 Å². The van der Waals surface area contributed by atoms with Crippen LogP contribution in [0.5, 0.6) is 0 Å². The van der Waals surface area contributed by atoms with E-state index in [1.807, 2.05) is 0 Å². The third kappa shape index (κ3) is 3.07. The van der Waals surface area contributed by atoms with E-state index >= 15 is 0 Å². The molecule has 0 spiro atoms. The lowest BCUT2D eigenvalue weighted by Crippen LogP contribution is -2.24. The Hall–Kier alpha value is -2.90. The van der Waals surface area contributed by atoms with Crippen LogP contribution in [0.3, 0.4) is 0 Å². The lowest BCUT2D eigenvalue weighted by Gasteiger charge is -2.21. The number of aromatic nitrogens is 2. The molecule has 2 fully saturated rings. The van der Waals surface area contributed by atoms with Gasteiger partial charge in [-0.15, -0.1) is 0 Å². The molecule has 2 heterocycles. The number of hydrogen-bond acceptors (Lipinski definition) is 6. The fourth-order valence-electron chi connectivity index (χ4n) is 3.11. The number of likely N-dealkylation sites (tertiary alicyclic amines) is 1. The molecule has 0 radical (unpaired) electrons. The molecule has 4 N–H and O–H groups in total. The van der Waals surface area contributed by atoms with Crippen LogP contribution >= 0.6 is 0 Å². The van der Waals surface area contributed by atoms with E-state index in [2.05, 4.69) is 32.8 Å². The van der Waals surface area contributed by atoms with Gasteiger partial charge in [-0.25, -0.2) is 4.98 Å². The smallest absolute Gasteiger partial charge is 0.254 e. The summed E-state index contributed by atoms with van der Waals surface area (Å²) in [5.41, 5.74) is 7.71. The van der Waals surface area contributed by atoms with Crippen molar-refractivity contribution in [2.24, 2.45) is 5.73 Å². The normalized spacial score (nSPS) is 22.2. The van der Waals surface area contributed by atoms with Crippen molar-refractivity contribution in [2.45, 2.75) is 37.8 Å². The van der Waals surface area contributed by atoms with E-state index in [0.29, 0.717) is 29.8 Å². The summed E-state index contributed by atoms with van der Waals surface area (Å²) in [5.74, 6) is 0.471. The van der Waals surface area contributed by atoms with Crippen LogP contribution in [0.15, 0.2) is 29.6 Å². The molecule has 0 aromatic carbocycles. The molecule has 1 saturated carbocycles. The summed E-state index contributed by atoms with van der Waals surface area (Å²) < 4.78 is 0. The van der Waals surface area contributed by atoms with E-state index in [1.54, 1.807) is 11.9 Å². The molecule has 0 bridgehead atoms. The van der Waals surface area contributed by atoms with Crippen LogP contribution in [0, 0.1) is 0 Å². The summed E-state index contributed by atoms with van der Waals surface area (Å²) in [6.07, 6.45) is 8.85. The third-order valence-electron chi connectivity index (χ3n) is 4.66. The second-order valence-corrected chi connectivity index (χ2v) is 6.64. The number of amides is 2. The summed E-state index contributed by atoms with van der Waals surface area (Å²) in [5, 5.41) is 6.48. The zero-order valence-electron chi connectivity index (χ0n) is 14.0. The largest absolute Gasteiger partial charge is 0.367 e. The molecule has 8 heteroatoms. The van der Waals surface area contributed by atoms with Gasteiger partial charge in [-0.1, -0.05) is 12.2 Å². The molecule has 8 nitrogen and oxygen atoms in total. The van der Waals surface area contributed by atoms with Crippen LogP contribution < -0.4 is 16.4 Å². The van der Waals surface area contributed by atoms with E-state index in [-0.39, 0.29) is 11.9 Å². The number of likely N-dealkylation sites (N-methyl/N-ethyl adjacent to an activating group) is 1. The van der Waals surface area contributed by atoms with Gasteiger partial charge in [0.2, 0.25) is 11.9 Å². The van der Waals surface area contributed by atoms with E-state index < -0.39 is 5.91 Å². The molecule has 4 rings (SSSR count). The second-order valence-electron chi connectivity index (χ2n) is 6.64. The van der Waals surface area contributed by atoms with Crippen molar-refractivity contribution in [3.05, 3.63) is 35.2 Å². The monoisotopic (exact) mass is 340 g/mol. The molecular weight excluding hydrogens is 320 g/mol. The Morgan fingerprint density at radius 2 is 2.16 bits per heavy atom. The summed E-state index contributed by atoms with van der Waals surface area (Å²) in [6.45, 7) is 0. The number of fused-ring (bicyclic) bond motifs is 1. The number of hydrogen-bond donors (Lipinski definition) is 3. The quantitative estimate of drug-likeness (QED) is 0.737. The standard InChI is InChI=1S/C17H20N6O2/c1-23-13-5-4-11(6-9(13)7-14(23)24)21-17-19-8-12(15(18)25)16(22-17)20-10-2-3-10/h5-6,8,10-11H,2-4,7H2,1H3,(H2,18,25)(H2,19,20,21,22). The van der Waals surface area contributed by atoms with Gasteiger partial charge in [0.05, 0.1) is 18.0 Å². The molecule has 1 aromatic rings. The fraction of sp³-hybridized carbons (Fsp3) is 0.412. The summed E-state index contributed by atoms with van der Waals surface area (Å²) in [6, 6.07) is 0.356. The highest BCUT2D eigenvalue weighted by atomic mass is 16.2. The number of carbonyl (C=O) groups excluding carboxylic acids is 2. The zero-order chi connectivity index (χ0) is 17.6. The minimum Gasteiger partial charge on any atom is -0.367 e. The van der Waals surface area contributed by atoms with Crippen molar-refractivity contribution in [3.8, 4) is 0 Å². The molecule has 3 aliphatic rings. The van der Waals surface area contributed by atoms with Gasteiger partial charge in [0, 0.05) is 25.0 Å². The van der Waals surface area contributed by atoms with E-state index in [1.165, 1.54) is 6.20 Å². The van der Waals surface area contributed by atoms with Crippen LogP contribution in [0.2, 0.25) is 0 Å². The molecule has 1 aliphatic heterocycles. The number of nitrogens with one attached hydrogen (secondary N) is 2. The van der Waals surface area contributed by atoms with Gasteiger partial charge in [-0.2, -0.15) is 4.98 Å². The van der Waals surface area contributed by atoms with Gasteiger partial charge in [0.25, 0.3) is 5.91 Å². The molecule has 1 atom stereocenters. The lowest BCUT2D eigenvalue weighted by atomic mass is 10.00. The highest BCUT2D eigenvalue weighted by Gasteiger charge is 2.30. The minimum atomic E-state index is -0.547. The number of carbonyl (C=O) groups is 2. The average molecular weight is 340 g/mol. The third-order valence-corrected chi connectivity index (χ3v) is 4.66. The van der Waals surface area contributed by atoms with Crippen LogP contribution in [0.4, 0.5) is 11.8 Å².